The van der Waals surface area contributed by atoms with Gasteiger partial charge in [-0.2, -0.15) is 0 Å². The lowest BCUT2D eigenvalue weighted by Gasteiger charge is -2.14. The number of phenols is 1. The quantitative estimate of drug-likeness (QED) is 0.292. The summed E-state index contributed by atoms with van der Waals surface area (Å²) in [5.74, 6) is 0.663. The van der Waals surface area contributed by atoms with Crippen LogP contribution in [0.25, 0.3) is 22.0 Å². The normalized spacial score (nSPS) is 11.5. The minimum absolute atomic E-state index is 0.0883. The van der Waals surface area contributed by atoms with Crippen molar-refractivity contribution in [3.05, 3.63) is 102 Å². The Labute approximate surface area is 208 Å². The number of hydrogen-bond donors (Lipinski definition) is 3. The number of aryl methyl sites for hydroxylation is 1. The Bertz CT molecular complexity index is 1660. The highest BCUT2D eigenvalue weighted by molar-refractivity contribution is 7.89. The summed E-state index contributed by atoms with van der Waals surface area (Å²) in [6.07, 6.45) is 1.62. The van der Waals surface area contributed by atoms with Crippen molar-refractivity contribution in [3.63, 3.8) is 0 Å². The second kappa shape index (κ2) is 9.73. The van der Waals surface area contributed by atoms with E-state index in [0.29, 0.717) is 34.0 Å². The number of fused-ring (bicyclic) bond motifs is 1. The average molecular weight is 498 g/mol. The van der Waals surface area contributed by atoms with Gasteiger partial charge < -0.3 is 10.4 Å². The van der Waals surface area contributed by atoms with Gasteiger partial charge in [0, 0.05) is 34.3 Å². The van der Waals surface area contributed by atoms with Crippen LogP contribution in [-0.2, 0) is 16.6 Å². The number of nitrogens with zero attached hydrogens (tertiary/aromatic N) is 3. The molecule has 2 aromatic heterocycles. The van der Waals surface area contributed by atoms with Crippen molar-refractivity contribution in [1.29, 1.82) is 0 Å². The number of anilines is 2. The number of aromatic nitrogens is 3. The van der Waals surface area contributed by atoms with Gasteiger partial charge in [-0.05, 0) is 42.8 Å². The highest BCUT2D eigenvalue weighted by Crippen LogP contribution is 2.33. The Morgan fingerprint density at radius 3 is 2.44 bits per heavy atom. The Balaban J connectivity index is 1.52. The zero-order valence-electron chi connectivity index (χ0n) is 19.4. The van der Waals surface area contributed by atoms with Gasteiger partial charge in [0.15, 0.2) is 5.82 Å². The van der Waals surface area contributed by atoms with Crippen LogP contribution in [0, 0.1) is 6.92 Å². The van der Waals surface area contributed by atoms with Crippen molar-refractivity contribution in [1.82, 2.24) is 19.9 Å². The van der Waals surface area contributed by atoms with Crippen LogP contribution in [0.5, 0.6) is 5.75 Å². The first kappa shape index (κ1) is 23.4. The van der Waals surface area contributed by atoms with Crippen molar-refractivity contribution in [3.8, 4) is 17.0 Å². The molecule has 36 heavy (non-hydrogen) atoms. The smallest absolute Gasteiger partial charge is 0.241 e. The summed E-state index contributed by atoms with van der Waals surface area (Å²) in [6, 6.07) is 24.9. The van der Waals surface area contributed by atoms with Crippen LogP contribution >= 0.6 is 0 Å². The maximum atomic E-state index is 13.2. The average Bonchev–Trinajstić information content (AvgIpc) is 2.89. The predicted molar refractivity (Wildman–Crippen MR) is 139 cm³/mol. The third kappa shape index (κ3) is 4.88. The van der Waals surface area contributed by atoms with Crippen LogP contribution in [-0.4, -0.2) is 28.7 Å². The summed E-state index contributed by atoms with van der Waals surface area (Å²) in [6.45, 7) is 1.84. The van der Waals surface area contributed by atoms with E-state index >= 15 is 0 Å². The lowest BCUT2D eigenvalue weighted by Crippen LogP contribution is -2.24. The largest absolute Gasteiger partial charge is 0.508 e. The molecule has 2 heterocycles. The maximum absolute atomic E-state index is 13.2. The molecule has 0 bridgehead atoms. The first-order valence-corrected chi connectivity index (χ1v) is 12.7. The van der Waals surface area contributed by atoms with Crippen molar-refractivity contribution in [2.24, 2.45) is 0 Å². The van der Waals surface area contributed by atoms with Gasteiger partial charge >= 0.3 is 0 Å². The fourth-order valence-corrected chi connectivity index (χ4v) is 5.18. The number of phenolic OH excluding ortho intramolecular Hbond substituents is 1. The third-order valence-electron chi connectivity index (χ3n) is 5.72. The zero-order valence-corrected chi connectivity index (χ0v) is 20.2. The second-order valence-corrected chi connectivity index (χ2v) is 9.98. The van der Waals surface area contributed by atoms with Gasteiger partial charge in [-0.15, -0.1) is 10.2 Å². The molecule has 0 amide bonds. The summed E-state index contributed by atoms with van der Waals surface area (Å²) >= 11 is 0. The van der Waals surface area contributed by atoms with Crippen LogP contribution in [0.4, 0.5) is 11.5 Å². The van der Waals surface area contributed by atoms with E-state index in [-0.39, 0.29) is 17.2 Å². The number of pyridine rings is 1. The Hall–Kier alpha value is -4.34. The molecule has 3 aromatic carbocycles. The summed E-state index contributed by atoms with van der Waals surface area (Å²) in [4.78, 5) is 4.35. The van der Waals surface area contributed by atoms with Crippen LogP contribution in [0.2, 0.25) is 0 Å². The first-order chi connectivity index (χ1) is 17.4. The molecule has 5 rings (SSSR count). The van der Waals surface area contributed by atoms with Crippen molar-refractivity contribution >= 4 is 32.3 Å². The molecule has 3 N–H and O–H groups in total. The van der Waals surface area contributed by atoms with Gasteiger partial charge in [0.1, 0.15) is 11.4 Å². The topological polar surface area (TPSA) is 117 Å². The molecule has 9 heteroatoms. The lowest BCUT2D eigenvalue weighted by atomic mass is 10.0. The summed E-state index contributed by atoms with van der Waals surface area (Å²) in [5, 5.41) is 23.4. The summed E-state index contributed by atoms with van der Waals surface area (Å²) < 4.78 is 28.9. The van der Waals surface area contributed by atoms with Gasteiger partial charge in [-0.1, -0.05) is 48.5 Å². The van der Waals surface area contributed by atoms with E-state index in [1.807, 2.05) is 42.5 Å². The molecule has 0 aliphatic heterocycles. The van der Waals surface area contributed by atoms with E-state index in [0.717, 1.165) is 10.8 Å². The molecular weight excluding hydrogens is 474 g/mol. The molecule has 0 unspecified atom stereocenters. The molecule has 0 saturated heterocycles. The molecule has 0 aliphatic rings. The van der Waals surface area contributed by atoms with Crippen molar-refractivity contribution in [2.75, 3.05) is 5.32 Å². The van der Waals surface area contributed by atoms with E-state index in [1.165, 1.54) is 0 Å². The standard InChI is InChI=1S/C27H23N5O3S/c1-18-12-13-19(15-25(18)36(34,35)29-17-21-7-4-5-14-28-21)26-23-10-2-3-11-24(23)27(32-31-26)30-20-8-6-9-22(33)16-20/h2-16,29,33H,17H2,1H3,(H,30,32). The SMILES string of the molecule is Cc1ccc(-c2nnc(Nc3cccc(O)c3)c3ccccc23)cc1S(=O)(=O)NCc1ccccn1. The Morgan fingerprint density at radius 1 is 0.861 bits per heavy atom. The molecule has 8 nitrogen and oxygen atoms in total. The summed E-state index contributed by atoms with van der Waals surface area (Å²) in [7, 11) is -3.80. The minimum Gasteiger partial charge on any atom is -0.508 e. The molecule has 0 saturated carbocycles. The van der Waals surface area contributed by atoms with Crippen LogP contribution in [0.15, 0.2) is 96.0 Å². The number of hydrogen-bond acceptors (Lipinski definition) is 7. The second-order valence-electron chi connectivity index (χ2n) is 8.24. The highest BCUT2D eigenvalue weighted by Gasteiger charge is 2.19. The van der Waals surface area contributed by atoms with Crippen LogP contribution in [0.3, 0.4) is 0 Å². The van der Waals surface area contributed by atoms with Gasteiger partial charge in [0.2, 0.25) is 10.0 Å². The Morgan fingerprint density at radius 2 is 1.67 bits per heavy atom. The van der Waals surface area contributed by atoms with Crippen LogP contribution < -0.4 is 10.0 Å². The van der Waals surface area contributed by atoms with Gasteiger partial charge in [0.05, 0.1) is 17.1 Å². The van der Waals surface area contributed by atoms with Gasteiger partial charge in [-0.3, -0.25) is 4.98 Å². The number of aromatic hydroxyl groups is 1. The van der Waals surface area contributed by atoms with E-state index in [9.17, 15) is 13.5 Å². The molecule has 0 atom stereocenters. The fraction of sp³-hybridized carbons (Fsp3) is 0.0741. The van der Waals surface area contributed by atoms with E-state index in [2.05, 4.69) is 25.2 Å². The molecule has 0 aliphatic carbocycles. The highest BCUT2D eigenvalue weighted by atomic mass is 32.2. The molecule has 0 spiro atoms. The number of nitrogens with one attached hydrogen (secondary N) is 2. The summed E-state index contributed by atoms with van der Waals surface area (Å²) in [5.41, 5.74) is 3.11. The Kier molecular flexibility index (Phi) is 6.32. The zero-order chi connectivity index (χ0) is 25.1. The molecule has 0 fully saturated rings. The van der Waals surface area contributed by atoms with E-state index < -0.39 is 10.0 Å². The van der Waals surface area contributed by atoms with Crippen LogP contribution in [0.1, 0.15) is 11.3 Å². The van der Waals surface area contributed by atoms with E-state index in [1.54, 1.807) is 55.6 Å². The molecule has 5 aromatic rings. The van der Waals surface area contributed by atoms with Gasteiger partial charge in [-0.25, -0.2) is 13.1 Å². The van der Waals surface area contributed by atoms with Crippen molar-refractivity contribution in [2.45, 2.75) is 18.4 Å². The third-order valence-corrected chi connectivity index (χ3v) is 7.26. The fourth-order valence-electron chi connectivity index (χ4n) is 3.92. The van der Waals surface area contributed by atoms with Crippen molar-refractivity contribution < 1.29 is 13.5 Å². The molecule has 180 valence electrons. The van der Waals surface area contributed by atoms with Gasteiger partial charge in [0.25, 0.3) is 0 Å². The predicted octanol–water partition coefficient (Wildman–Crippen LogP) is 4.93. The molecular formula is C27H23N5O3S. The lowest BCUT2D eigenvalue weighted by molar-refractivity contribution is 0.475. The monoisotopic (exact) mass is 497 g/mol. The van der Waals surface area contributed by atoms with E-state index in [4.69, 9.17) is 0 Å². The number of rotatable bonds is 7. The minimum atomic E-state index is -3.80. The number of sulfonamides is 1. The number of benzene rings is 3. The first-order valence-electron chi connectivity index (χ1n) is 11.2. The molecule has 0 radical (unpaired) electrons. The maximum Gasteiger partial charge on any atom is 0.241 e.